The molecule has 1 amide bonds. The van der Waals surface area contributed by atoms with Gasteiger partial charge in [-0.1, -0.05) is 0 Å². The van der Waals surface area contributed by atoms with Gasteiger partial charge in [0.15, 0.2) is 0 Å². The Hall–Kier alpha value is -0.410. The topological polar surface area (TPSA) is 79.0 Å². The maximum absolute atomic E-state index is 12.5. The Bertz CT molecular complexity index is 494. The van der Waals surface area contributed by atoms with Crippen LogP contribution in [0.5, 0.6) is 0 Å². The minimum absolute atomic E-state index is 0. The molecule has 2 aliphatic rings. The molecule has 2 heterocycles. The first-order valence-corrected chi connectivity index (χ1v) is 9.57. The summed E-state index contributed by atoms with van der Waals surface area (Å²) in [6, 6.07) is -0.301. The van der Waals surface area contributed by atoms with Crippen molar-refractivity contribution in [2.45, 2.75) is 44.9 Å². The van der Waals surface area contributed by atoms with Crippen LogP contribution in [0.25, 0.3) is 0 Å². The van der Waals surface area contributed by atoms with E-state index >= 15 is 0 Å². The standard InChI is InChI=1S/C14H27N3O4S.ClH/c1-4-22(19,20)16(3)12-5-8-17(9-6-12)14(18)13-11(2)21-10-7-15-13;/h11-13,15H,4-10H2,1-3H3;1H/t11-,13+;/m1./s1. The zero-order valence-corrected chi connectivity index (χ0v) is 15.7. The molecule has 0 bridgehead atoms. The van der Waals surface area contributed by atoms with Gasteiger partial charge in [0.1, 0.15) is 6.04 Å². The molecule has 0 saturated carbocycles. The fourth-order valence-electron chi connectivity index (χ4n) is 3.09. The number of nitrogens with zero attached hydrogens (tertiary/aromatic N) is 2. The number of ether oxygens (including phenoxy) is 1. The van der Waals surface area contributed by atoms with E-state index in [4.69, 9.17) is 4.74 Å². The number of piperidine rings is 1. The van der Waals surface area contributed by atoms with Gasteiger partial charge < -0.3 is 15.0 Å². The van der Waals surface area contributed by atoms with Gasteiger partial charge in [0, 0.05) is 32.7 Å². The third kappa shape index (κ3) is 4.79. The summed E-state index contributed by atoms with van der Waals surface area (Å²) in [6.07, 6.45) is 1.24. The first-order valence-electron chi connectivity index (χ1n) is 7.96. The zero-order valence-electron chi connectivity index (χ0n) is 14.0. The van der Waals surface area contributed by atoms with E-state index in [1.54, 1.807) is 14.0 Å². The molecule has 136 valence electrons. The van der Waals surface area contributed by atoms with Crippen molar-refractivity contribution in [1.29, 1.82) is 0 Å². The summed E-state index contributed by atoms with van der Waals surface area (Å²) in [5, 5.41) is 3.21. The predicted molar refractivity (Wildman–Crippen MR) is 91.3 cm³/mol. The normalized spacial score (nSPS) is 26.9. The SMILES string of the molecule is CCS(=O)(=O)N(C)C1CCN(C(=O)[C@H]2NCCO[C@@H]2C)CC1.Cl. The van der Waals surface area contributed by atoms with Crippen LogP contribution in [0.2, 0.25) is 0 Å². The Morgan fingerprint density at radius 2 is 1.96 bits per heavy atom. The van der Waals surface area contributed by atoms with E-state index in [2.05, 4.69) is 5.32 Å². The molecule has 2 rings (SSSR count). The molecule has 0 aromatic heterocycles. The van der Waals surface area contributed by atoms with Crippen LogP contribution >= 0.6 is 12.4 Å². The van der Waals surface area contributed by atoms with Crippen molar-refractivity contribution >= 4 is 28.3 Å². The summed E-state index contributed by atoms with van der Waals surface area (Å²) < 4.78 is 30.8. The molecule has 0 aromatic rings. The number of sulfonamides is 1. The van der Waals surface area contributed by atoms with Gasteiger partial charge in [-0.2, -0.15) is 0 Å². The maximum Gasteiger partial charge on any atom is 0.242 e. The summed E-state index contributed by atoms with van der Waals surface area (Å²) >= 11 is 0. The average molecular weight is 370 g/mol. The number of halogens is 1. The number of hydrogen-bond acceptors (Lipinski definition) is 5. The van der Waals surface area contributed by atoms with E-state index in [0.717, 1.165) is 0 Å². The second-order valence-corrected chi connectivity index (χ2v) is 8.30. The molecule has 23 heavy (non-hydrogen) atoms. The minimum atomic E-state index is -3.17. The van der Waals surface area contributed by atoms with Crippen LogP contribution < -0.4 is 5.32 Å². The van der Waals surface area contributed by atoms with E-state index < -0.39 is 10.0 Å². The Balaban J connectivity index is 0.00000264. The maximum atomic E-state index is 12.5. The van der Waals surface area contributed by atoms with E-state index in [9.17, 15) is 13.2 Å². The van der Waals surface area contributed by atoms with Crippen molar-refractivity contribution in [3.63, 3.8) is 0 Å². The molecule has 2 aliphatic heterocycles. The largest absolute Gasteiger partial charge is 0.375 e. The van der Waals surface area contributed by atoms with E-state index in [0.29, 0.717) is 39.1 Å². The second kappa shape index (κ2) is 8.62. The number of likely N-dealkylation sites (tertiary alicyclic amines) is 1. The van der Waals surface area contributed by atoms with E-state index in [1.165, 1.54) is 4.31 Å². The molecule has 0 spiro atoms. The quantitative estimate of drug-likeness (QED) is 0.758. The van der Waals surface area contributed by atoms with Crippen LogP contribution in [0.3, 0.4) is 0 Å². The van der Waals surface area contributed by atoms with Crippen molar-refractivity contribution in [3.8, 4) is 0 Å². The van der Waals surface area contributed by atoms with Gasteiger partial charge in [0.25, 0.3) is 0 Å². The van der Waals surface area contributed by atoms with Gasteiger partial charge in [0.2, 0.25) is 15.9 Å². The molecule has 2 atom stereocenters. The van der Waals surface area contributed by atoms with E-state index in [-0.39, 0.29) is 42.3 Å². The number of nitrogens with one attached hydrogen (secondary N) is 1. The third-order valence-electron chi connectivity index (χ3n) is 4.68. The summed E-state index contributed by atoms with van der Waals surface area (Å²) in [5.74, 6) is 0.176. The lowest BCUT2D eigenvalue weighted by molar-refractivity contribution is -0.140. The van der Waals surface area contributed by atoms with Crippen molar-refractivity contribution < 1.29 is 17.9 Å². The number of carbonyl (C=O) groups excluding carboxylic acids is 1. The van der Waals surface area contributed by atoms with Crippen LogP contribution in [0.4, 0.5) is 0 Å². The average Bonchev–Trinajstić information content (AvgIpc) is 2.54. The molecule has 9 heteroatoms. The van der Waals surface area contributed by atoms with Gasteiger partial charge in [-0.05, 0) is 26.7 Å². The lowest BCUT2D eigenvalue weighted by Gasteiger charge is -2.39. The molecular formula is C14H28ClN3O4S. The monoisotopic (exact) mass is 369 g/mol. The first-order chi connectivity index (χ1) is 10.4. The van der Waals surface area contributed by atoms with Crippen molar-refractivity contribution in [3.05, 3.63) is 0 Å². The van der Waals surface area contributed by atoms with Crippen LogP contribution in [0.15, 0.2) is 0 Å². The predicted octanol–water partition coefficient (Wildman–Crippen LogP) is 0.0576. The molecule has 0 aliphatic carbocycles. The summed E-state index contributed by atoms with van der Waals surface area (Å²) in [5.41, 5.74) is 0. The molecule has 0 radical (unpaired) electrons. The smallest absolute Gasteiger partial charge is 0.242 e. The van der Waals surface area contributed by atoms with Crippen LogP contribution in [-0.2, 0) is 19.6 Å². The fraction of sp³-hybridized carbons (Fsp3) is 0.929. The molecule has 2 saturated heterocycles. The molecule has 7 nitrogen and oxygen atoms in total. The number of carbonyl (C=O) groups is 1. The number of rotatable bonds is 4. The summed E-state index contributed by atoms with van der Waals surface area (Å²) in [7, 11) is -1.53. The Kier molecular flexibility index (Phi) is 7.73. The molecule has 0 unspecified atom stereocenters. The fourth-order valence-corrected chi connectivity index (χ4v) is 4.16. The summed E-state index contributed by atoms with van der Waals surface area (Å²) in [6.45, 7) is 6.07. The molecule has 1 N–H and O–H groups in total. The highest BCUT2D eigenvalue weighted by Crippen LogP contribution is 2.20. The third-order valence-corrected chi connectivity index (χ3v) is 6.58. The highest BCUT2D eigenvalue weighted by molar-refractivity contribution is 7.89. The van der Waals surface area contributed by atoms with Gasteiger partial charge in [0.05, 0.1) is 18.5 Å². The number of amides is 1. The van der Waals surface area contributed by atoms with Gasteiger partial charge in [-0.3, -0.25) is 4.79 Å². The number of morpholine rings is 1. The van der Waals surface area contributed by atoms with E-state index in [1.807, 2.05) is 11.8 Å². The lowest BCUT2D eigenvalue weighted by atomic mass is 10.0. The Morgan fingerprint density at radius 1 is 1.35 bits per heavy atom. The van der Waals surface area contributed by atoms with Crippen LogP contribution in [0.1, 0.15) is 26.7 Å². The number of hydrogen-bond donors (Lipinski definition) is 1. The highest BCUT2D eigenvalue weighted by atomic mass is 35.5. The van der Waals surface area contributed by atoms with Crippen molar-refractivity contribution in [2.75, 3.05) is 39.0 Å². The van der Waals surface area contributed by atoms with Crippen molar-refractivity contribution in [2.24, 2.45) is 0 Å². The zero-order chi connectivity index (χ0) is 16.3. The lowest BCUT2D eigenvalue weighted by Crippen LogP contribution is -2.58. The highest BCUT2D eigenvalue weighted by Gasteiger charge is 2.35. The Morgan fingerprint density at radius 3 is 2.48 bits per heavy atom. The van der Waals surface area contributed by atoms with Gasteiger partial charge in [-0.25, -0.2) is 12.7 Å². The first kappa shape index (κ1) is 20.6. The van der Waals surface area contributed by atoms with Crippen LogP contribution in [0, 0.1) is 0 Å². The summed E-state index contributed by atoms with van der Waals surface area (Å²) in [4.78, 5) is 14.4. The minimum Gasteiger partial charge on any atom is -0.375 e. The molecule has 0 aromatic carbocycles. The Labute approximate surface area is 145 Å². The van der Waals surface area contributed by atoms with Crippen molar-refractivity contribution in [1.82, 2.24) is 14.5 Å². The van der Waals surface area contributed by atoms with Gasteiger partial charge >= 0.3 is 0 Å². The van der Waals surface area contributed by atoms with Gasteiger partial charge in [-0.15, -0.1) is 12.4 Å². The molecule has 2 fully saturated rings. The van der Waals surface area contributed by atoms with Crippen LogP contribution in [-0.4, -0.2) is 80.8 Å². The molecular weight excluding hydrogens is 342 g/mol. The second-order valence-electron chi connectivity index (χ2n) is 5.98.